The number of benzene rings is 2. The lowest BCUT2D eigenvalue weighted by Crippen LogP contribution is -2.33. The second kappa shape index (κ2) is 10.8. The van der Waals surface area contributed by atoms with Gasteiger partial charge in [-0.05, 0) is 61.6 Å². The molecule has 34 heavy (non-hydrogen) atoms. The van der Waals surface area contributed by atoms with Gasteiger partial charge in [0.1, 0.15) is 0 Å². The number of anilines is 2. The Morgan fingerprint density at radius 2 is 1.65 bits per heavy atom. The molecule has 1 fully saturated rings. The van der Waals surface area contributed by atoms with Crippen molar-refractivity contribution in [3.05, 3.63) is 53.6 Å². The van der Waals surface area contributed by atoms with Crippen LogP contribution in [0.25, 0.3) is 0 Å². The molecule has 1 aliphatic heterocycles. The number of alkyl halides is 3. The lowest BCUT2D eigenvalue weighted by molar-refractivity contribution is -0.192. The number of piperidine rings is 1. The highest BCUT2D eigenvalue weighted by Crippen LogP contribution is 2.32. The summed E-state index contributed by atoms with van der Waals surface area (Å²) < 4.78 is 60.0. The number of aliphatic carboxylic acids is 1. The molecule has 0 aromatic heterocycles. The summed E-state index contributed by atoms with van der Waals surface area (Å²) in [4.78, 5) is 22.5. The Labute approximate surface area is 195 Å². The van der Waals surface area contributed by atoms with Crippen molar-refractivity contribution in [1.29, 1.82) is 0 Å². The number of aryl methyl sites for hydroxylation is 1. The minimum Gasteiger partial charge on any atom is -0.478 e. The first-order valence-electron chi connectivity index (χ1n) is 10.2. The number of hydrogen-bond acceptors (Lipinski definition) is 5. The van der Waals surface area contributed by atoms with Crippen LogP contribution in [-0.2, 0) is 14.8 Å². The highest BCUT2D eigenvalue weighted by molar-refractivity contribution is 7.92. The number of sulfonamides is 1. The standard InChI is InChI=1S/C20H24N2O4S.C2HF3O2/c1-14-8-10-22(11-9-14)19-7-6-16(20(23)24)13-18(19)21-27(25,26)17-5-3-4-15(2)12-17;3-2(4,5)1(6)7/h3-7,12-14,21H,8-11H2,1-2H3,(H,23,24);(H,6,7). The van der Waals surface area contributed by atoms with E-state index in [1.807, 2.05) is 13.0 Å². The summed E-state index contributed by atoms with van der Waals surface area (Å²) in [6.07, 6.45) is -3.05. The lowest BCUT2D eigenvalue weighted by Gasteiger charge is -2.33. The lowest BCUT2D eigenvalue weighted by atomic mass is 9.98. The molecule has 1 saturated heterocycles. The van der Waals surface area contributed by atoms with Crippen LogP contribution in [0.15, 0.2) is 47.4 Å². The van der Waals surface area contributed by atoms with Crippen LogP contribution in [-0.4, -0.2) is 49.8 Å². The van der Waals surface area contributed by atoms with Crippen molar-refractivity contribution < 1.29 is 41.4 Å². The molecular weight excluding hydrogens is 477 g/mol. The van der Waals surface area contributed by atoms with Gasteiger partial charge in [0.15, 0.2) is 0 Å². The van der Waals surface area contributed by atoms with E-state index in [4.69, 9.17) is 9.90 Å². The number of carboxylic acid groups (broad SMARTS) is 2. The Bertz CT molecular complexity index is 1140. The monoisotopic (exact) mass is 502 g/mol. The number of hydrogen-bond donors (Lipinski definition) is 3. The van der Waals surface area contributed by atoms with E-state index in [-0.39, 0.29) is 10.5 Å². The summed E-state index contributed by atoms with van der Waals surface area (Å²) in [6.45, 7) is 5.65. The molecule has 2 aromatic rings. The Hall–Kier alpha value is -3.28. The van der Waals surface area contributed by atoms with E-state index in [1.54, 1.807) is 18.2 Å². The summed E-state index contributed by atoms with van der Waals surface area (Å²) in [6, 6.07) is 11.2. The van der Waals surface area contributed by atoms with Crippen molar-refractivity contribution in [2.45, 2.75) is 37.8 Å². The van der Waals surface area contributed by atoms with Gasteiger partial charge in [0.05, 0.1) is 21.8 Å². The second-order valence-corrected chi connectivity index (χ2v) is 9.61. The van der Waals surface area contributed by atoms with Crippen LogP contribution in [0, 0.1) is 12.8 Å². The number of rotatable bonds is 5. The van der Waals surface area contributed by atoms with E-state index in [1.165, 1.54) is 18.2 Å². The Balaban J connectivity index is 0.000000509. The zero-order valence-corrected chi connectivity index (χ0v) is 19.3. The number of carbonyl (C=O) groups is 2. The molecule has 0 saturated carbocycles. The maximum Gasteiger partial charge on any atom is 0.490 e. The molecule has 0 atom stereocenters. The first-order chi connectivity index (χ1) is 15.7. The fourth-order valence-electron chi connectivity index (χ4n) is 3.26. The van der Waals surface area contributed by atoms with Gasteiger partial charge in [0.25, 0.3) is 10.0 Å². The van der Waals surface area contributed by atoms with Crippen molar-refractivity contribution in [3.8, 4) is 0 Å². The topological polar surface area (TPSA) is 124 Å². The molecule has 3 rings (SSSR count). The number of halogens is 3. The Kier molecular flexibility index (Phi) is 8.54. The number of nitrogens with zero attached hydrogens (tertiary/aromatic N) is 1. The molecule has 1 aliphatic rings. The molecule has 0 aliphatic carbocycles. The van der Waals surface area contributed by atoms with Gasteiger partial charge < -0.3 is 15.1 Å². The first-order valence-corrected chi connectivity index (χ1v) is 11.7. The van der Waals surface area contributed by atoms with Gasteiger partial charge in [-0.1, -0.05) is 19.1 Å². The fourth-order valence-corrected chi connectivity index (χ4v) is 4.43. The van der Waals surface area contributed by atoms with Gasteiger partial charge in [0.2, 0.25) is 0 Å². The summed E-state index contributed by atoms with van der Waals surface area (Å²) in [5, 5.41) is 16.4. The van der Waals surface area contributed by atoms with E-state index in [0.29, 0.717) is 17.3 Å². The molecule has 0 bridgehead atoms. The van der Waals surface area contributed by atoms with E-state index < -0.39 is 28.1 Å². The number of aromatic carboxylic acids is 1. The van der Waals surface area contributed by atoms with Crippen molar-refractivity contribution in [2.24, 2.45) is 5.92 Å². The zero-order chi connectivity index (χ0) is 25.7. The smallest absolute Gasteiger partial charge is 0.478 e. The fraction of sp³-hybridized carbons (Fsp3) is 0.364. The molecule has 3 N–H and O–H groups in total. The van der Waals surface area contributed by atoms with Crippen molar-refractivity contribution >= 4 is 33.3 Å². The van der Waals surface area contributed by atoms with Crippen LogP contribution in [0.1, 0.15) is 35.7 Å². The van der Waals surface area contributed by atoms with Gasteiger partial charge >= 0.3 is 18.1 Å². The second-order valence-electron chi connectivity index (χ2n) is 7.93. The van der Waals surface area contributed by atoms with E-state index in [9.17, 15) is 31.5 Å². The van der Waals surface area contributed by atoms with Crippen LogP contribution in [0.3, 0.4) is 0 Å². The number of nitrogens with one attached hydrogen (secondary N) is 1. The SMILES string of the molecule is Cc1cccc(S(=O)(=O)Nc2cc(C(=O)O)ccc2N2CCC(C)CC2)c1.O=C(O)C(F)(F)F. The van der Waals surface area contributed by atoms with E-state index in [0.717, 1.165) is 31.5 Å². The van der Waals surface area contributed by atoms with Crippen molar-refractivity contribution in [3.63, 3.8) is 0 Å². The molecule has 0 amide bonds. The van der Waals surface area contributed by atoms with Crippen LogP contribution in [0.4, 0.5) is 24.5 Å². The van der Waals surface area contributed by atoms with Crippen molar-refractivity contribution in [2.75, 3.05) is 22.7 Å². The molecular formula is C22H25F3N2O6S. The van der Waals surface area contributed by atoms with E-state index >= 15 is 0 Å². The maximum atomic E-state index is 12.8. The molecule has 1 heterocycles. The third kappa shape index (κ3) is 7.37. The van der Waals surface area contributed by atoms with Gasteiger partial charge in [0, 0.05) is 13.1 Å². The maximum absolute atomic E-state index is 12.8. The summed E-state index contributed by atoms with van der Waals surface area (Å²) in [7, 11) is -3.82. The predicted molar refractivity (Wildman–Crippen MR) is 120 cm³/mol. The Morgan fingerprint density at radius 3 is 2.15 bits per heavy atom. The third-order valence-electron chi connectivity index (χ3n) is 5.15. The molecule has 0 radical (unpaired) electrons. The molecule has 12 heteroatoms. The molecule has 2 aromatic carbocycles. The first kappa shape index (κ1) is 27.0. The highest BCUT2D eigenvalue weighted by atomic mass is 32.2. The predicted octanol–water partition coefficient (Wildman–Crippen LogP) is 4.36. The minimum atomic E-state index is -5.08. The number of carboxylic acids is 2. The van der Waals surface area contributed by atoms with Crippen LogP contribution >= 0.6 is 0 Å². The summed E-state index contributed by atoms with van der Waals surface area (Å²) >= 11 is 0. The van der Waals surface area contributed by atoms with Gasteiger partial charge in [-0.15, -0.1) is 0 Å². The normalized spacial score (nSPS) is 14.7. The van der Waals surface area contributed by atoms with Crippen LogP contribution in [0.5, 0.6) is 0 Å². The van der Waals surface area contributed by atoms with Gasteiger partial charge in [-0.25, -0.2) is 18.0 Å². The van der Waals surface area contributed by atoms with Gasteiger partial charge in [-0.2, -0.15) is 13.2 Å². The summed E-state index contributed by atoms with van der Waals surface area (Å²) in [5.74, 6) is -3.22. The zero-order valence-electron chi connectivity index (χ0n) is 18.5. The minimum absolute atomic E-state index is 0.0473. The quantitative estimate of drug-likeness (QED) is 0.555. The largest absolute Gasteiger partial charge is 0.490 e. The summed E-state index contributed by atoms with van der Waals surface area (Å²) in [5.41, 5.74) is 1.89. The Morgan fingerprint density at radius 1 is 1.06 bits per heavy atom. The van der Waals surface area contributed by atoms with Crippen LogP contribution in [0.2, 0.25) is 0 Å². The molecule has 0 spiro atoms. The molecule has 186 valence electrons. The van der Waals surface area contributed by atoms with E-state index in [2.05, 4.69) is 16.5 Å². The average Bonchev–Trinajstić information content (AvgIpc) is 2.74. The highest BCUT2D eigenvalue weighted by Gasteiger charge is 2.38. The average molecular weight is 503 g/mol. The van der Waals surface area contributed by atoms with Crippen LogP contribution < -0.4 is 9.62 Å². The van der Waals surface area contributed by atoms with Gasteiger partial charge in [-0.3, -0.25) is 4.72 Å². The third-order valence-corrected chi connectivity index (χ3v) is 6.52. The van der Waals surface area contributed by atoms with Crippen molar-refractivity contribution in [1.82, 2.24) is 0 Å². The molecule has 8 nitrogen and oxygen atoms in total. The molecule has 0 unspecified atom stereocenters.